The number of hydrogen-bond acceptors (Lipinski definition) is 5. The van der Waals surface area contributed by atoms with Crippen molar-refractivity contribution >= 4 is 17.6 Å². The Labute approximate surface area is 109 Å². The van der Waals surface area contributed by atoms with Gasteiger partial charge in [-0.25, -0.2) is 9.18 Å². The Hall–Kier alpha value is -2.15. The van der Waals surface area contributed by atoms with E-state index in [1.807, 2.05) is 0 Å². The maximum Gasteiger partial charge on any atom is 0.340 e. The van der Waals surface area contributed by atoms with Crippen molar-refractivity contribution in [1.29, 1.82) is 0 Å². The Morgan fingerprint density at radius 2 is 2.16 bits per heavy atom. The summed E-state index contributed by atoms with van der Waals surface area (Å²) in [7, 11) is 1.50. The first-order chi connectivity index (χ1) is 9.04. The van der Waals surface area contributed by atoms with E-state index in [4.69, 9.17) is 15.2 Å². The molecule has 0 saturated heterocycles. The van der Waals surface area contributed by atoms with Crippen molar-refractivity contribution in [2.75, 3.05) is 32.6 Å². The molecule has 0 radical (unpaired) electrons. The topological polar surface area (TPSA) is 90.6 Å². The fourth-order valence-electron chi connectivity index (χ4n) is 1.27. The van der Waals surface area contributed by atoms with Gasteiger partial charge >= 0.3 is 5.97 Å². The van der Waals surface area contributed by atoms with Gasteiger partial charge in [-0.2, -0.15) is 0 Å². The minimum absolute atomic E-state index is 0.0195. The summed E-state index contributed by atoms with van der Waals surface area (Å²) >= 11 is 0. The van der Waals surface area contributed by atoms with Crippen LogP contribution in [0.15, 0.2) is 18.2 Å². The minimum atomic E-state index is -0.778. The molecule has 0 aliphatic heterocycles. The SMILES string of the molecule is COCCNC(=O)COC(=O)c1ccc(F)cc1N. The van der Waals surface area contributed by atoms with Gasteiger partial charge in [0.15, 0.2) is 6.61 Å². The van der Waals surface area contributed by atoms with Crippen molar-refractivity contribution in [1.82, 2.24) is 5.32 Å². The molecule has 0 aromatic heterocycles. The highest BCUT2D eigenvalue weighted by Gasteiger charge is 2.13. The van der Waals surface area contributed by atoms with E-state index < -0.39 is 24.3 Å². The Bertz CT molecular complexity index is 465. The fraction of sp³-hybridized carbons (Fsp3) is 0.333. The summed E-state index contributed by atoms with van der Waals surface area (Å²) in [6.45, 7) is 0.259. The summed E-state index contributed by atoms with van der Waals surface area (Å²) in [5, 5.41) is 2.48. The number of benzene rings is 1. The second-order valence-corrected chi connectivity index (χ2v) is 3.65. The molecule has 6 nitrogen and oxygen atoms in total. The molecule has 1 aromatic carbocycles. The Balaban J connectivity index is 2.45. The number of rotatable bonds is 6. The van der Waals surface area contributed by atoms with Gasteiger partial charge in [0, 0.05) is 19.3 Å². The number of amides is 1. The fourth-order valence-corrected chi connectivity index (χ4v) is 1.27. The van der Waals surface area contributed by atoms with Crippen LogP contribution < -0.4 is 11.1 Å². The van der Waals surface area contributed by atoms with E-state index in [1.54, 1.807) is 0 Å². The smallest absolute Gasteiger partial charge is 0.340 e. The van der Waals surface area contributed by atoms with Crippen LogP contribution in [0.5, 0.6) is 0 Å². The molecule has 0 bridgehead atoms. The second kappa shape index (κ2) is 7.32. The first-order valence-corrected chi connectivity index (χ1v) is 5.52. The molecule has 19 heavy (non-hydrogen) atoms. The van der Waals surface area contributed by atoms with Crippen LogP contribution in [0.1, 0.15) is 10.4 Å². The van der Waals surface area contributed by atoms with Crippen LogP contribution in [0.25, 0.3) is 0 Å². The van der Waals surface area contributed by atoms with Crippen molar-refractivity contribution < 1.29 is 23.5 Å². The van der Waals surface area contributed by atoms with E-state index in [0.717, 1.165) is 12.1 Å². The van der Waals surface area contributed by atoms with Gasteiger partial charge in [0.1, 0.15) is 5.82 Å². The third-order valence-electron chi connectivity index (χ3n) is 2.20. The van der Waals surface area contributed by atoms with Crippen LogP contribution >= 0.6 is 0 Å². The van der Waals surface area contributed by atoms with Crippen molar-refractivity contribution in [3.63, 3.8) is 0 Å². The molecule has 1 rings (SSSR count). The molecule has 0 atom stereocenters. The summed E-state index contributed by atoms with van der Waals surface area (Å²) < 4.78 is 22.3. The molecule has 1 aromatic rings. The average Bonchev–Trinajstić information content (AvgIpc) is 2.36. The Kier molecular flexibility index (Phi) is 5.74. The highest BCUT2D eigenvalue weighted by Crippen LogP contribution is 2.14. The molecule has 0 fully saturated rings. The summed E-state index contributed by atoms with van der Waals surface area (Å²) in [6, 6.07) is 3.30. The lowest BCUT2D eigenvalue weighted by Gasteiger charge is -2.07. The normalized spacial score (nSPS) is 10.0. The number of carbonyl (C=O) groups is 2. The number of halogens is 1. The number of esters is 1. The van der Waals surface area contributed by atoms with Crippen LogP contribution in [0.4, 0.5) is 10.1 Å². The number of hydrogen-bond donors (Lipinski definition) is 2. The van der Waals surface area contributed by atoms with Gasteiger partial charge in [-0.15, -0.1) is 0 Å². The lowest BCUT2D eigenvalue weighted by atomic mass is 10.2. The van der Waals surface area contributed by atoms with Crippen LogP contribution in [0.3, 0.4) is 0 Å². The lowest BCUT2D eigenvalue weighted by Crippen LogP contribution is -2.31. The predicted octanol–water partition coefficient (Wildman–Crippen LogP) is 0.327. The Morgan fingerprint density at radius 3 is 2.79 bits per heavy atom. The lowest BCUT2D eigenvalue weighted by molar-refractivity contribution is -0.124. The van der Waals surface area contributed by atoms with E-state index in [9.17, 15) is 14.0 Å². The van der Waals surface area contributed by atoms with Gasteiger partial charge in [0.05, 0.1) is 12.2 Å². The van der Waals surface area contributed by atoms with E-state index >= 15 is 0 Å². The molecule has 7 heteroatoms. The molecular weight excluding hydrogens is 255 g/mol. The zero-order valence-electron chi connectivity index (χ0n) is 10.4. The maximum atomic E-state index is 12.8. The zero-order chi connectivity index (χ0) is 14.3. The monoisotopic (exact) mass is 270 g/mol. The predicted molar refractivity (Wildman–Crippen MR) is 66.0 cm³/mol. The number of nitrogens with one attached hydrogen (secondary N) is 1. The van der Waals surface area contributed by atoms with Gasteiger partial charge in [-0.05, 0) is 18.2 Å². The molecule has 104 valence electrons. The first kappa shape index (κ1) is 14.9. The molecule has 0 heterocycles. The van der Waals surface area contributed by atoms with E-state index in [1.165, 1.54) is 13.2 Å². The number of nitrogens with two attached hydrogens (primary N) is 1. The first-order valence-electron chi connectivity index (χ1n) is 5.52. The highest BCUT2D eigenvalue weighted by atomic mass is 19.1. The number of nitrogen functional groups attached to an aromatic ring is 1. The quantitative estimate of drug-likeness (QED) is 0.441. The standard InChI is InChI=1S/C12H15FN2O4/c1-18-5-4-15-11(16)7-19-12(17)9-3-2-8(13)6-10(9)14/h2-3,6H,4-5,7,14H2,1H3,(H,15,16). The number of carbonyl (C=O) groups excluding carboxylic acids is 2. The summed E-state index contributed by atoms with van der Waals surface area (Å²) in [5.41, 5.74) is 5.45. The Morgan fingerprint density at radius 1 is 1.42 bits per heavy atom. The van der Waals surface area contributed by atoms with Crippen molar-refractivity contribution in [3.8, 4) is 0 Å². The molecule has 0 unspecified atom stereocenters. The van der Waals surface area contributed by atoms with Gasteiger partial charge in [-0.3, -0.25) is 4.79 Å². The second-order valence-electron chi connectivity index (χ2n) is 3.65. The largest absolute Gasteiger partial charge is 0.452 e. The van der Waals surface area contributed by atoms with Crippen LogP contribution in [-0.4, -0.2) is 38.7 Å². The number of ether oxygens (including phenoxy) is 2. The van der Waals surface area contributed by atoms with E-state index in [2.05, 4.69) is 5.32 Å². The average molecular weight is 270 g/mol. The van der Waals surface area contributed by atoms with E-state index in [0.29, 0.717) is 13.2 Å². The third kappa shape index (κ3) is 4.92. The minimum Gasteiger partial charge on any atom is -0.452 e. The molecule has 3 N–H and O–H groups in total. The number of methoxy groups -OCH3 is 1. The molecular formula is C12H15FN2O4. The molecule has 0 aliphatic carbocycles. The van der Waals surface area contributed by atoms with Gasteiger partial charge in [0.25, 0.3) is 5.91 Å². The van der Waals surface area contributed by atoms with Crippen LogP contribution in [0, 0.1) is 5.82 Å². The molecule has 0 spiro atoms. The summed E-state index contributed by atoms with van der Waals surface area (Å²) in [5.74, 6) is -1.78. The van der Waals surface area contributed by atoms with Gasteiger partial charge in [-0.1, -0.05) is 0 Å². The summed E-state index contributed by atoms with van der Waals surface area (Å²) in [4.78, 5) is 22.8. The molecule has 0 aliphatic rings. The van der Waals surface area contributed by atoms with Crippen LogP contribution in [0.2, 0.25) is 0 Å². The number of anilines is 1. The van der Waals surface area contributed by atoms with Gasteiger partial charge in [0.2, 0.25) is 0 Å². The van der Waals surface area contributed by atoms with E-state index in [-0.39, 0.29) is 11.3 Å². The highest BCUT2D eigenvalue weighted by molar-refractivity contribution is 5.96. The van der Waals surface area contributed by atoms with Gasteiger partial charge < -0.3 is 20.5 Å². The third-order valence-corrected chi connectivity index (χ3v) is 2.20. The molecule has 0 saturated carbocycles. The maximum absolute atomic E-state index is 12.8. The van der Waals surface area contributed by atoms with Crippen molar-refractivity contribution in [2.24, 2.45) is 0 Å². The van der Waals surface area contributed by atoms with Crippen molar-refractivity contribution in [2.45, 2.75) is 0 Å². The van der Waals surface area contributed by atoms with Crippen LogP contribution in [-0.2, 0) is 14.3 Å². The molecule has 1 amide bonds. The van der Waals surface area contributed by atoms with Crippen molar-refractivity contribution in [3.05, 3.63) is 29.6 Å². The zero-order valence-corrected chi connectivity index (χ0v) is 10.4. The summed E-state index contributed by atoms with van der Waals surface area (Å²) in [6.07, 6.45) is 0.